The van der Waals surface area contributed by atoms with Crippen LogP contribution in [-0.4, -0.2) is 43.2 Å². The van der Waals surface area contributed by atoms with Gasteiger partial charge in [0, 0.05) is 43.9 Å². The number of nitrogens with one attached hydrogen (secondary N) is 1. The molecule has 0 aromatic carbocycles. The van der Waals surface area contributed by atoms with Crippen molar-refractivity contribution in [3.63, 3.8) is 0 Å². The minimum absolute atomic E-state index is 0.0458. The van der Waals surface area contributed by atoms with Crippen molar-refractivity contribution in [3.8, 4) is 0 Å². The number of piperidine rings is 1. The van der Waals surface area contributed by atoms with Crippen molar-refractivity contribution in [2.75, 3.05) is 13.1 Å². The van der Waals surface area contributed by atoms with Gasteiger partial charge in [-0.25, -0.2) is 9.48 Å². The summed E-state index contributed by atoms with van der Waals surface area (Å²) in [5.41, 5.74) is 0.662. The van der Waals surface area contributed by atoms with Gasteiger partial charge in [0.15, 0.2) is 0 Å². The van der Waals surface area contributed by atoms with E-state index >= 15 is 0 Å². The van der Waals surface area contributed by atoms with Crippen molar-refractivity contribution < 1.29 is 4.79 Å². The molecule has 0 aliphatic carbocycles. The summed E-state index contributed by atoms with van der Waals surface area (Å²) < 4.78 is 3.08. The molecule has 2 aromatic heterocycles. The molecule has 8 heteroatoms. The first-order chi connectivity index (χ1) is 12.5. The number of carbonyl (C=O) groups excluding carboxylic acids is 1. The van der Waals surface area contributed by atoms with Gasteiger partial charge in [-0.15, -0.1) is 5.10 Å². The van der Waals surface area contributed by atoms with Gasteiger partial charge in [-0.3, -0.25) is 14.6 Å². The number of nitrogens with zero attached hydrogens (tertiary/aromatic N) is 4. The highest BCUT2D eigenvalue weighted by atomic mass is 16.2. The van der Waals surface area contributed by atoms with Crippen LogP contribution in [0.2, 0.25) is 0 Å². The van der Waals surface area contributed by atoms with Crippen LogP contribution < -0.4 is 11.2 Å². The van der Waals surface area contributed by atoms with E-state index in [4.69, 9.17) is 0 Å². The Morgan fingerprint density at radius 1 is 1.31 bits per heavy atom. The Hall–Kier alpha value is -2.64. The first-order valence-corrected chi connectivity index (χ1v) is 9.13. The number of rotatable bonds is 3. The van der Waals surface area contributed by atoms with Crippen LogP contribution in [0.3, 0.4) is 0 Å². The van der Waals surface area contributed by atoms with E-state index in [0.717, 1.165) is 29.6 Å². The maximum Gasteiger partial charge on any atom is 0.343 e. The number of aryl methyl sites for hydroxylation is 1. The number of hydrogen-bond acceptors (Lipinski definition) is 4. The summed E-state index contributed by atoms with van der Waals surface area (Å²) in [7, 11) is 1.51. The normalized spacial score (nSPS) is 24.4. The van der Waals surface area contributed by atoms with E-state index in [9.17, 15) is 14.4 Å². The molecule has 8 nitrogen and oxygen atoms in total. The van der Waals surface area contributed by atoms with Crippen LogP contribution in [0, 0.1) is 5.92 Å². The van der Waals surface area contributed by atoms with Gasteiger partial charge in [-0.1, -0.05) is 19.4 Å². The van der Waals surface area contributed by atoms with Crippen LogP contribution >= 0.6 is 0 Å². The van der Waals surface area contributed by atoms with Gasteiger partial charge in [0.1, 0.15) is 0 Å². The molecule has 1 amide bonds. The summed E-state index contributed by atoms with van der Waals surface area (Å²) >= 11 is 0. The summed E-state index contributed by atoms with van der Waals surface area (Å²) in [6, 6.07) is 5.53. The minimum atomic E-state index is -0.397. The molecule has 4 heterocycles. The molecule has 4 rings (SSSR count). The van der Waals surface area contributed by atoms with Crippen molar-refractivity contribution in [1.29, 1.82) is 0 Å². The van der Waals surface area contributed by atoms with Crippen molar-refractivity contribution >= 4 is 5.91 Å². The van der Waals surface area contributed by atoms with E-state index in [0.29, 0.717) is 13.1 Å². The zero-order valence-corrected chi connectivity index (χ0v) is 15.0. The Morgan fingerprint density at radius 2 is 2.12 bits per heavy atom. The maximum absolute atomic E-state index is 12.9. The van der Waals surface area contributed by atoms with E-state index in [1.54, 1.807) is 17.0 Å². The van der Waals surface area contributed by atoms with Gasteiger partial charge >= 0.3 is 5.69 Å². The van der Waals surface area contributed by atoms with Crippen molar-refractivity contribution in [2.45, 2.75) is 38.1 Å². The Balaban J connectivity index is 1.70. The van der Waals surface area contributed by atoms with Gasteiger partial charge in [-0.05, 0) is 24.8 Å². The second-order valence-electron chi connectivity index (χ2n) is 7.32. The van der Waals surface area contributed by atoms with Crippen LogP contribution in [-0.2, 0) is 7.05 Å². The predicted molar refractivity (Wildman–Crippen MR) is 95.2 cm³/mol. The Labute approximate surface area is 150 Å². The Bertz CT molecular complexity index is 956. The molecule has 26 heavy (non-hydrogen) atoms. The molecule has 1 N–H and O–H groups in total. The lowest BCUT2D eigenvalue weighted by molar-refractivity contribution is 0.0507. The number of carbonyl (C=O) groups is 1. The molecule has 2 aromatic rings. The van der Waals surface area contributed by atoms with Crippen molar-refractivity contribution in [2.24, 2.45) is 13.0 Å². The fourth-order valence-corrected chi connectivity index (χ4v) is 4.52. The van der Waals surface area contributed by atoms with Gasteiger partial charge < -0.3 is 9.47 Å². The van der Waals surface area contributed by atoms with E-state index in [-0.39, 0.29) is 35.2 Å². The zero-order valence-electron chi connectivity index (χ0n) is 15.0. The second kappa shape index (κ2) is 6.26. The molecule has 3 atom stereocenters. The number of hydrogen-bond donors (Lipinski definition) is 1. The Kier molecular flexibility index (Phi) is 4.05. The van der Waals surface area contributed by atoms with Crippen LogP contribution in [0.15, 0.2) is 27.8 Å². The van der Waals surface area contributed by atoms with Crippen molar-refractivity contribution in [3.05, 3.63) is 50.6 Å². The molecule has 138 valence electrons. The molecule has 0 saturated carbocycles. The minimum Gasteiger partial charge on any atom is -0.335 e. The second-order valence-corrected chi connectivity index (χ2v) is 7.32. The van der Waals surface area contributed by atoms with Gasteiger partial charge in [0.2, 0.25) is 5.82 Å². The molecular formula is C18H23N5O3. The highest BCUT2D eigenvalue weighted by Gasteiger charge is 2.41. The lowest BCUT2D eigenvalue weighted by atomic mass is 9.77. The van der Waals surface area contributed by atoms with E-state index < -0.39 is 5.69 Å². The van der Waals surface area contributed by atoms with E-state index in [2.05, 4.69) is 17.0 Å². The molecule has 1 fully saturated rings. The summed E-state index contributed by atoms with van der Waals surface area (Å²) in [6.07, 6.45) is 2.88. The third-order valence-electron chi connectivity index (χ3n) is 5.64. The number of amides is 1. The third-order valence-corrected chi connectivity index (χ3v) is 5.64. The highest BCUT2D eigenvalue weighted by molar-refractivity contribution is 5.90. The van der Waals surface area contributed by atoms with Gasteiger partial charge in [0.25, 0.3) is 11.5 Å². The van der Waals surface area contributed by atoms with Crippen LogP contribution in [0.1, 0.15) is 54.5 Å². The monoisotopic (exact) mass is 357 g/mol. The van der Waals surface area contributed by atoms with Gasteiger partial charge in [-0.2, -0.15) is 0 Å². The lowest BCUT2D eigenvalue weighted by Crippen LogP contribution is -2.51. The average Bonchev–Trinajstić information content (AvgIpc) is 2.97. The number of aromatic nitrogens is 4. The average molecular weight is 357 g/mol. The first kappa shape index (κ1) is 16.8. The molecule has 2 aliphatic rings. The molecule has 1 saturated heterocycles. The molecule has 0 unspecified atom stereocenters. The number of aromatic amines is 1. The molecule has 2 bridgehead atoms. The zero-order chi connectivity index (χ0) is 18.4. The topological polar surface area (TPSA) is 93.0 Å². The standard InChI is InChI=1S/C18H23N5O3/c1-3-5-13-11-8-12(14-6-4-7-15(24)23(13)14)10-22(9-11)17(25)16-19-18(26)21(2)20-16/h4,6-7,11-13H,3,5,8-10H2,1-2H3,(H,19,20,26)/t11-,12+,13-/m0/s1. The molecule has 0 radical (unpaired) electrons. The predicted octanol–water partition coefficient (Wildman–Crippen LogP) is 0.871. The van der Waals surface area contributed by atoms with Crippen LogP contribution in [0.25, 0.3) is 0 Å². The number of likely N-dealkylation sites (tertiary alicyclic amines) is 1. The largest absolute Gasteiger partial charge is 0.343 e. The maximum atomic E-state index is 12.9. The number of fused-ring (bicyclic) bond motifs is 4. The van der Waals surface area contributed by atoms with E-state index in [1.807, 2.05) is 10.6 Å². The summed E-state index contributed by atoms with van der Waals surface area (Å²) in [4.78, 5) is 41.2. The fourth-order valence-electron chi connectivity index (χ4n) is 4.52. The molecule has 0 spiro atoms. The van der Waals surface area contributed by atoms with Crippen LogP contribution in [0.4, 0.5) is 0 Å². The van der Waals surface area contributed by atoms with Crippen LogP contribution in [0.5, 0.6) is 0 Å². The summed E-state index contributed by atoms with van der Waals surface area (Å²) in [5, 5.41) is 4.00. The van der Waals surface area contributed by atoms with E-state index in [1.165, 1.54) is 7.05 Å². The summed E-state index contributed by atoms with van der Waals surface area (Å²) in [5.74, 6) is 0.199. The highest BCUT2D eigenvalue weighted by Crippen LogP contribution is 2.42. The number of H-pyrrole nitrogens is 1. The van der Waals surface area contributed by atoms with Crippen molar-refractivity contribution in [1.82, 2.24) is 24.2 Å². The quantitative estimate of drug-likeness (QED) is 0.882. The van der Waals surface area contributed by atoms with Gasteiger partial charge in [0.05, 0.1) is 0 Å². The third kappa shape index (κ3) is 2.60. The number of pyridine rings is 1. The smallest absolute Gasteiger partial charge is 0.335 e. The summed E-state index contributed by atoms with van der Waals surface area (Å²) in [6.45, 7) is 3.24. The molecule has 2 aliphatic heterocycles. The Morgan fingerprint density at radius 3 is 2.81 bits per heavy atom. The first-order valence-electron chi connectivity index (χ1n) is 9.13. The molecular weight excluding hydrogens is 334 g/mol. The lowest BCUT2D eigenvalue weighted by Gasteiger charge is -2.46. The fraction of sp³-hybridized carbons (Fsp3) is 0.556. The SMILES string of the molecule is CCC[C@H]1[C@H]2C[C@H](CN(C(=O)c3nn(C)c(=O)[nH]3)C2)c2cccc(=O)n21.